The normalized spacial score (nSPS) is 12.6. The molecule has 0 spiro atoms. The Morgan fingerprint density at radius 1 is 0.880 bits per heavy atom. The first-order valence-corrected chi connectivity index (χ1v) is 8.33. The van der Waals surface area contributed by atoms with Crippen LogP contribution in [0.25, 0.3) is 11.3 Å². The highest BCUT2D eigenvalue weighted by atomic mass is 32.1. The number of methoxy groups -OCH3 is 2. The van der Waals surface area contributed by atoms with Crippen molar-refractivity contribution in [2.24, 2.45) is 0 Å². The zero-order valence-corrected chi connectivity index (χ0v) is 14.3. The molecule has 25 heavy (non-hydrogen) atoms. The summed E-state index contributed by atoms with van der Waals surface area (Å²) in [5, 5.41) is 0. The fraction of sp³-hybridized carbons (Fsp3) is 0.105. The largest absolute Gasteiger partial charge is 0.497 e. The van der Waals surface area contributed by atoms with E-state index in [1.165, 1.54) is 7.11 Å². The van der Waals surface area contributed by atoms with E-state index in [0.29, 0.717) is 38.8 Å². The molecule has 0 radical (unpaired) electrons. The van der Waals surface area contributed by atoms with Gasteiger partial charge in [-0.3, -0.25) is 9.59 Å². The summed E-state index contributed by atoms with van der Waals surface area (Å²) >= 11 is 1.05. The van der Waals surface area contributed by atoms with Crippen LogP contribution in [-0.2, 0) is 0 Å². The number of benzene rings is 2. The molecule has 1 aromatic heterocycles. The maximum absolute atomic E-state index is 13.1. The van der Waals surface area contributed by atoms with Gasteiger partial charge in [0.1, 0.15) is 16.4 Å². The van der Waals surface area contributed by atoms with Crippen LogP contribution in [-0.4, -0.2) is 30.2 Å². The van der Waals surface area contributed by atoms with E-state index in [0.717, 1.165) is 17.1 Å². The van der Waals surface area contributed by atoms with Gasteiger partial charge in [0.15, 0.2) is 0 Å². The smallest absolute Gasteiger partial charge is 0.206 e. The SMILES string of the molecule is COc1ccc(-c2nsc3c2C(=O)c2c(OC)cccc2C3=O)cc1. The molecule has 3 aromatic rings. The predicted molar refractivity (Wildman–Crippen MR) is 94.0 cm³/mol. The number of hydrogen-bond acceptors (Lipinski definition) is 6. The van der Waals surface area contributed by atoms with Gasteiger partial charge in [-0.2, -0.15) is 4.37 Å². The van der Waals surface area contributed by atoms with Gasteiger partial charge in [-0.1, -0.05) is 6.07 Å². The summed E-state index contributed by atoms with van der Waals surface area (Å²) in [5.74, 6) is 0.679. The van der Waals surface area contributed by atoms with E-state index in [1.807, 2.05) is 12.1 Å². The fourth-order valence-electron chi connectivity index (χ4n) is 2.97. The predicted octanol–water partition coefficient (Wildman–Crippen LogP) is 3.60. The minimum absolute atomic E-state index is 0.194. The van der Waals surface area contributed by atoms with Crippen molar-refractivity contribution in [3.05, 3.63) is 64.0 Å². The molecule has 1 aliphatic carbocycles. The second kappa shape index (κ2) is 5.82. The molecular formula is C19H13NO4S. The number of ether oxygens (including phenoxy) is 2. The van der Waals surface area contributed by atoms with Gasteiger partial charge in [-0.25, -0.2) is 0 Å². The lowest BCUT2D eigenvalue weighted by molar-refractivity contribution is 0.0980. The van der Waals surface area contributed by atoms with Crippen LogP contribution in [0.1, 0.15) is 31.2 Å². The summed E-state index contributed by atoms with van der Waals surface area (Å²) in [5.41, 5.74) is 2.28. The van der Waals surface area contributed by atoms with E-state index in [2.05, 4.69) is 4.37 Å². The molecule has 0 atom stereocenters. The van der Waals surface area contributed by atoms with Crippen molar-refractivity contribution in [2.75, 3.05) is 14.2 Å². The Labute approximate surface area is 148 Å². The lowest BCUT2D eigenvalue weighted by Crippen LogP contribution is -2.20. The number of hydrogen-bond donors (Lipinski definition) is 0. The zero-order chi connectivity index (χ0) is 17.6. The second-order valence-corrected chi connectivity index (χ2v) is 6.28. The maximum Gasteiger partial charge on any atom is 0.206 e. The van der Waals surface area contributed by atoms with Crippen molar-refractivity contribution >= 4 is 23.1 Å². The summed E-state index contributed by atoms with van der Waals surface area (Å²) in [6.45, 7) is 0. The monoisotopic (exact) mass is 351 g/mol. The molecule has 0 N–H and O–H groups in total. The van der Waals surface area contributed by atoms with Crippen molar-refractivity contribution in [1.82, 2.24) is 4.37 Å². The van der Waals surface area contributed by atoms with Crippen LogP contribution < -0.4 is 9.47 Å². The second-order valence-electron chi connectivity index (χ2n) is 5.50. The molecule has 0 amide bonds. The van der Waals surface area contributed by atoms with E-state index in [-0.39, 0.29) is 11.6 Å². The van der Waals surface area contributed by atoms with Crippen molar-refractivity contribution < 1.29 is 19.1 Å². The lowest BCUT2D eigenvalue weighted by atomic mass is 9.86. The number of rotatable bonds is 3. The Bertz CT molecular complexity index is 1000. The molecule has 1 heterocycles. The molecule has 5 nitrogen and oxygen atoms in total. The summed E-state index contributed by atoms with van der Waals surface area (Å²) in [4.78, 5) is 26.3. The van der Waals surface area contributed by atoms with Gasteiger partial charge in [-0.05, 0) is 47.9 Å². The molecule has 4 rings (SSSR count). The summed E-state index contributed by atoms with van der Waals surface area (Å²) in [6.07, 6.45) is 0. The van der Waals surface area contributed by atoms with Crippen molar-refractivity contribution in [3.8, 4) is 22.8 Å². The van der Waals surface area contributed by atoms with E-state index < -0.39 is 0 Å². The van der Waals surface area contributed by atoms with Gasteiger partial charge in [-0.15, -0.1) is 0 Å². The number of fused-ring (bicyclic) bond motifs is 2. The summed E-state index contributed by atoms with van der Waals surface area (Å²) in [7, 11) is 3.07. The molecule has 124 valence electrons. The van der Waals surface area contributed by atoms with Crippen LogP contribution in [0.5, 0.6) is 11.5 Å². The first-order chi connectivity index (χ1) is 12.2. The highest BCUT2D eigenvalue weighted by Gasteiger charge is 2.36. The van der Waals surface area contributed by atoms with Gasteiger partial charge in [0.05, 0.1) is 31.0 Å². The van der Waals surface area contributed by atoms with E-state index in [4.69, 9.17) is 9.47 Å². The van der Waals surface area contributed by atoms with Gasteiger partial charge in [0, 0.05) is 11.1 Å². The highest BCUT2D eigenvalue weighted by Crippen LogP contribution is 2.39. The Morgan fingerprint density at radius 2 is 1.64 bits per heavy atom. The molecule has 0 saturated carbocycles. The first kappa shape index (κ1) is 15.5. The fourth-order valence-corrected chi connectivity index (χ4v) is 3.83. The van der Waals surface area contributed by atoms with Crippen molar-refractivity contribution in [2.45, 2.75) is 0 Å². The quantitative estimate of drug-likeness (QED) is 0.564. The van der Waals surface area contributed by atoms with E-state index in [1.54, 1.807) is 37.4 Å². The topological polar surface area (TPSA) is 65.5 Å². The third-order valence-corrected chi connectivity index (χ3v) is 5.05. The standard InChI is InChI=1S/C19H13NO4S/c1-23-11-8-6-10(7-9-11)16-15-18(22)14-12(4-3-5-13(14)24-2)17(21)19(15)25-20-16/h3-9H,1-2H3. The van der Waals surface area contributed by atoms with E-state index >= 15 is 0 Å². The maximum atomic E-state index is 13.1. The minimum atomic E-state index is -0.235. The highest BCUT2D eigenvalue weighted by molar-refractivity contribution is 7.09. The average molecular weight is 351 g/mol. The zero-order valence-electron chi connectivity index (χ0n) is 13.5. The number of aromatic nitrogens is 1. The molecule has 0 unspecified atom stereocenters. The average Bonchev–Trinajstić information content (AvgIpc) is 3.11. The molecule has 2 aromatic carbocycles. The molecule has 1 aliphatic rings. The van der Waals surface area contributed by atoms with Gasteiger partial charge in [0.2, 0.25) is 11.6 Å². The van der Waals surface area contributed by atoms with Crippen molar-refractivity contribution in [1.29, 1.82) is 0 Å². The Hall–Kier alpha value is -2.99. The molecule has 0 aliphatic heterocycles. The Morgan fingerprint density at radius 3 is 2.32 bits per heavy atom. The number of nitrogens with zero attached hydrogens (tertiary/aromatic N) is 1. The van der Waals surface area contributed by atoms with E-state index in [9.17, 15) is 9.59 Å². The molecular weight excluding hydrogens is 338 g/mol. The molecule has 6 heteroatoms. The number of carbonyl (C=O) groups is 2. The van der Waals surface area contributed by atoms with Crippen LogP contribution >= 0.6 is 11.5 Å². The van der Waals surface area contributed by atoms with Crippen LogP contribution in [0.4, 0.5) is 0 Å². The van der Waals surface area contributed by atoms with Gasteiger partial charge in [0.25, 0.3) is 0 Å². The number of carbonyl (C=O) groups excluding carboxylic acids is 2. The van der Waals surface area contributed by atoms with Crippen LogP contribution in [0.3, 0.4) is 0 Å². The third-order valence-electron chi connectivity index (χ3n) is 4.21. The lowest BCUT2D eigenvalue weighted by Gasteiger charge is -2.17. The molecule has 0 fully saturated rings. The van der Waals surface area contributed by atoms with Crippen LogP contribution in [0, 0.1) is 0 Å². The summed E-state index contributed by atoms with van der Waals surface area (Å²) in [6, 6.07) is 12.3. The Kier molecular flexibility index (Phi) is 3.62. The van der Waals surface area contributed by atoms with Crippen LogP contribution in [0.2, 0.25) is 0 Å². The molecule has 0 bridgehead atoms. The van der Waals surface area contributed by atoms with Gasteiger partial charge >= 0.3 is 0 Å². The van der Waals surface area contributed by atoms with Crippen LogP contribution in [0.15, 0.2) is 42.5 Å². The Balaban J connectivity index is 1.91. The first-order valence-electron chi connectivity index (χ1n) is 7.56. The minimum Gasteiger partial charge on any atom is -0.497 e. The molecule has 0 saturated heterocycles. The summed E-state index contributed by atoms with van der Waals surface area (Å²) < 4.78 is 14.8. The van der Waals surface area contributed by atoms with Crippen molar-refractivity contribution in [3.63, 3.8) is 0 Å². The van der Waals surface area contributed by atoms with Gasteiger partial charge < -0.3 is 9.47 Å². The number of ketones is 2. The third kappa shape index (κ3) is 2.26.